The van der Waals surface area contributed by atoms with Crippen LogP contribution in [0.3, 0.4) is 0 Å². The van der Waals surface area contributed by atoms with E-state index < -0.39 is 0 Å². The van der Waals surface area contributed by atoms with Crippen LogP contribution in [0.2, 0.25) is 0 Å². The average Bonchev–Trinajstić information content (AvgIpc) is 2.72. The van der Waals surface area contributed by atoms with Crippen molar-refractivity contribution in [3.8, 4) is 0 Å². The van der Waals surface area contributed by atoms with Gasteiger partial charge in [-0.2, -0.15) is 0 Å². The minimum absolute atomic E-state index is 0.208. The topological polar surface area (TPSA) is 35.5 Å². The van der Waals surface area contributed by atoms with Crippen molar-refractivity contribution < 1.29 is 5.11 Å². The van der Waals surface area contributed by atoms with Gasteiger partial charge < -0.3 is 15.3 Å². The van der Waals surface area contributed by atoms with Crippen LogP contribution >= 0.6 is 0 Å². The van der Waals surface area contributed by atoms with Crippen LogP contribution in [0, 0.1) is 5.41 Å². The van der Waals surface area contributed by atoms with Gasteiger partial charge in [0.05, 0.1) is 0 Å². The summed E-state index contributed by atoms with van der Waals surface area (Å²) in [6.45, 7) is 10.3. The fourth-order valence-corrected chi connectivity index (χ4v) is 2.96. The van der Waals surface area contributed by atoms with Crippen LogP contribution in [0.15, 0.2) is 0 Å². The number of aliphatic hydroxyl groups is 1. The summed E-state index contributed by atoms with van der Waals surface area (Å²) >= 11 is 0. The molecular weight excluding hydrogens is 224 g/mol. The van der Waals surface area contributed by atoms with Gasteiger partial charge in [-0.25, -0.2) is 0 Å². The van der Waals surface area contributed by atoms with Crippen LogP contribution in [0.1, 0.15) is 52.9 Å². The first kappa shape index (κ1) is 15.9. The summed E-state index contributed by atoms with van der Waals surface area (Å²) in [6, 6.07) is 0. The molecule has 0 radical (unpaired) electrons. The molecule has 3 heteroatoms. The Balaban J connectivity index is 2.47. The van der Waals surface area contributed by atoms with Gasteiger partial charge in [0.1, 0.15) is 0 Å². The van der Waals surface area contributed by atoms with E-state index in [2.05, 4.69) is 38.0 Å². The third-order valence-electron chi connectivity index (χ3n) is 3.96. The highest BCUT2D eigenvalue weighted by Gasteiger charge is 2.35. The molecule has 1 rings (SSSR count). The van der Waals surface area contributed by atoms with Crippen LogP contribution in [0.5, 0.6) is 0 Å². The highest BCUT2D eigenvalue weighted by atomic mass is 16.3. The fraction of sp³-hybridized carbons (Fsp3) is 1.00. The van der Waals surface area contributed by atoms with Gasteiger partial charge in [0.25, 0.3) is 0 Å². The molecule has 0 aromatic heterocycles. The number of hydrogen-bond acceptors (Lipinski definition) is 3. The monoisotopic (exact) mass is 256 g/mol. The predicted octanol–water partition coefficient (Wildman–Crippen LogP) is 2.25. The molecule has 0 amide bonds. The SMILES string of the molecule is CN(CCCO)CC1(CNC(C)(C)C)CCCC1. The van der Waals surface area contributed by atoms with E-state index in [1.165, 1.54) is 25.7 Å². The third kappa shape index (κ3) is 5.68. The van der Waals surface area contributed by atoms with Crippen LogP contribution in [-0.2, 0) is 0 Å². The van der Waals surface area contributed by atoms with Gasteiger partial charge >= 0.3 is 0 Å². The first-order valence-corrected chi connectivity index (χ1v) is 7.41. The highest BCUT2D eigenvalue weighted by Crippen LogP contribution is 2.38. The first-order valence-electron chi connectivity index (χ1n) is 7.41. The van der Waals surface area contributed by atoms with E-state index in [0.29, 0.717) is 12.0 Å². The molecule has 18 heavy (non-hydrogen) atoms. The van der Waals surface area contributed by atoms with E-state index in [4.69, 9.17) is 5.11 Å². The van der Waals surface area contributed by atoms with Crippen molar-refractivity contribution in [1.29, 1.82) is 0 Å². The molecule has 0 atom stereocenters. The molecule has 0 bridgehead atoms. The number of nitrogens with zero attached hydrogens (tertiary/aromatic N) is 1. The normalized spacial score (nSPS) is 19.7. The first-order chi connectivity index (χ1) is 8.37. The zero-order chi connectivity index (χ0) is 13.6. The highest BCUT2D eigenvalue weighted by molar-refractivity contribution is 4.90. The van der Waals surface area contributed by atoms with E-state index in [1.807, 2.05) is 0 Å². The molecule has 108 valence electrons. The Morgan fingerprint density at radius 1 is 1.22 bits per heavy atom. The van der Waals surface area contributed by atoms with E-state index in [-0.39, 0.29) is 5.54 Å². The smallest absolute Gasteiger partial charge is 0.0443 e. The van der Waals surface area contributed by atoms with Crippen molar-refractivity contribution in [2.24, 2.45) is 5.41 Å². The molecule has 0 spiro atoms. The lowest BCUT2D eigenvalue weighted by molar-refractivity contribution is 0.152. The zero-order valence-electron chi connectivity index (χ0n) is 12.8. The largest absolute Gasteiger partial charge is 0.396 e. The lowest BCUT2D eigenvalue weighted by Crippen LogP contribution is -2.47. The Morgan fingerprint density at radius 2 is 1.83 bits per heavy atom. The van der Waals surface area contributed by atoms with Crippen LogP contribution < -0.4 is 5.32 Å². The summed E-state index contributed by atoms with van der Waals surface area (Å²) in [4.78, 5) is 2.39. The van der Waals surface area contributed by atoms with Crippen molar-refractivity contribution in [1.82, 2.24) is 10.2 Å². The van der Waals surface area contributed by atoms with Crippen molar-refractivity contribution >= 4 is 0 Å². The van der Waals surface area contributed by atoms with Gasteiger partial charge in [-0.05, 0) is 52.5 Å². The molecule has 3 nitrogen and oxygen atoms in total. The second-order valence-corrected chi connectivity index (χ2v) is 7.13. The molecule has 0 unspecified atom stereocenters. The van der Waals surface area contributed by atoms with Gasteiger partial charge in [-0.3, -0.25) is 0 Å². The van der Waals surface area contributed by atoms with Gasteiger partial charge in [0, 0.05) is 31.8 Å². The van der Waals surface area contributed by atoms with E-state index in [0.717, 1.165) is 26.1 Å². The summed E-state index contributed by atoms with van der Waals surface area (Å²) in [5.74, 6) is 0. The van der Waals surface area contributed by atoms with Gasteiger partial charge in [0.15, 0.2) is 0 Å². The Kier molecular flexibility index (Phi) is 6.09. The minimum Gasteiger partial charge on any atom is -0.396 e. The molecule has 1 aliphatic carbocycles. The zero-order valence-corrected chi connectivity index (χ0v) is 12.8. The summed E-state index contributed by atoms with van der Waals surface area (Å²) in [6.07, 6.45) is 6.33. The fourth-order valence-electron chi connectivity index (χ4n) is 2.96. The van der Waals surface area contributed by atoms with Crippen molar-refractivity contribution in [2.75, 3.05) is 33.3 Å². The van der Waals surface area contributed by atoms with Crippen molar-refractivity contribution in [3.63, 3.8) is 0 Å². The summed E-state index contributed by atoms with van der Waals surface area (Å²) < 4.78 is 0. The van der Waals surface area contributed by atoms with E-state index >= 15 is 0 Å². The van der Waals surface area contributed by atoms with Gasteiger partial charge in [-0.15, -0.1) is 0 Å². The second kappa shape index (κ2) is 6.88. The summed E-state index contributed by atoms with van der Waals surface area (Å²) in [5, 5.41) is 12.6. The maximum atomic E-state index is 8.91. The molecule has 2 N–H and O–H groups in total. The number of rotatable bonds is 7. The van der Waals surface area contributed by atoms with E-state index in [9.17, 15) is 0 Å². The molecule has 1 aliphatic rings. The number of hydrogen-bond donors (Lipinski definition) is 2. The maximum Gasteiger partial charge on any atom is 0.0443 e. The average molecular weight is 256 g/mol. The number of nitrogens with one attached hydrogen (secondary N) is 1. The Morgan fingerprint density at radius 3 is 2.33 bits per heavy atom. The number of aliphatic hydroxyl groups excluding tert-OH is 1. The second-order valence-electron chi connectivity index (χ2n) is 7.13. The Bertz CT molecular complexity index is 229. The molecule has 0 aromatic rings. The molecule has 1 saturated carbocycles. The summed E-state index contributed by atoms with van der Waals surface area (Å²) in [7, 11) is 2.19. The standard InChI is InChI=1S/C15H32N2O/c1-14(2,3)16-12-15(8-5-6-9-15)13-17(4)10-7-11-18/h16,18H,5-13H2,1-4H3. The molecule has 0 aliphatic heterocycles. The van der Waals surface area contributed by atoms with Crippen LogP contribution in [0.4, 0.5) is 0 Å². The lowest BCUT2D eigenvalue weighted by atomic mass is 9.84. The predicted molar refractivity (Wildman–Crippen MR) is 77.9 cm³/mol. The van der Waals surface area contributed by atoms with Crippen molar-refractivity contribution in [2.45, 2.75) is 58.4 Å². The molecule has 0 heterocycles. The molecule has 0 saturated heterocycles. The van der Waals surface area contributed by atoms with Crippen molar-refractivity contribution in [3.05, 3.63) is 0 Å². The quantitative estimate of drug-likeness (QED) is 0.733. The van der Waals surface area contributed by atoms with E-state index in [1.54, 1.807) is 0 Å². The van der Waals surface area contributed by atoms with Gasteiger partial charge in [0.2, 0.25) is 0 Å². The molecule has 1 fully saturated rings. The van der Waals surface area contributed by atoms with Gasteiger partial charge in [-0.1, -0.05) is 12.8 Å². The maximum absolute atomic E-state index is 8.91. The summed E-state index contributed by atoms with van der Waals surface area (Å²) in [5.41, 5.74) is 0.663. The third-order valence-corrected chi connectivity index (χ3v) is 3.96. The lowest BCUT2D eigenvalue weighted by Gasteiger charge is -2.36. The Labute approximate surface area is 113 Å². The minimum atomic E-state index is 0.208. The molecular formula is C15H32N2O. The molecule has 0 aromatic carbocycles. The Hall–Kier alpha value is -0.120. The van der Waals surface area contributed by atoms with Crippen LogP contribution in [-0.4, -0.2) is 48.8 Å². The van der Waals surface area contributed by atoms with Crippen LogP contribution in [0.25, 0.3) is 0 Å².